The van der Waals surface area contributed by atoms with E-state index in [0.29, 0.717) is 0 Å². The number of benzene rings is 4. The van der Waals surface area contributed by atoms with Crippen molar-refractivity contribution in [3.05, 3.63) is 84.3 Å². The Morgan fingerprint density at radius 2 is 1.59 bits per heavy atom. The smallest absolute Gasteiger partial charge is 0.0454 e. The van der Waals surface area contributed by atoms with Crippen LogP contribution in [0.1, 0.15) is 11.4 Å². The maximum absolute atomic E-state index is 4.83. The van der Waals surface area contributed by atoms with E-state index in [1.807, 2.05) is 18.0 Å². The Kier molecular flexibility index (Phi) is 4.42. The number of hydrogen-bond donors (Lipinski definition) is 0. The molecule has 1 aliphatic heterocycles. The number of hydrogen-bond acceptors (Lipinski definition) is 3. The predicted octanol–water partition coefficient (Wildman–Crippen LogP) is 7.64. The number of rotatable bonds is 0. The summed E-state index contributed by atoms with van der Waals surface area (Å²) < 4.78 is 0. The number of fused-ring (bicyclic) bond motifs is 7. The summed E-state index contributed by atoms with van der Waals surface area (Å²) in [7, 11) is 0. The summed E-state index contributed by atoms with van der Waals surface area (Å²) in [6.07, 6.45) is 1.94. The van der Waals surface area contributed by atoms with E-state index in [4.69, 9.17) is 4.98 Å². The van der Waals surface area contributed by atoms with E-state index in [0.717, 1.165) is 28.0 Å². The zero-order valence-corrected chi connectivity index (χ0v) is 20.7. The molecule has 1 aliphatic rings. The maximum atomic E-state index is 4.83. The first-order chi connectivity index (χ1) is 15.2. The molecule has 0 atom stereocenters. The Morgan fingerprint density at radius 3 is 2.50 bits per heavy atom. The zero-order chi connectivity index (χ0) is 20.7. The van der Waals surface area contributed by atoms with Crippen LogP contribution in [0.15, 0.2) is 76.7 Å². The van der Waals surface area contributed by atoms with Gasteiger partial charge in [-0.2, -0.15) is 0 Å². The normalized spacial score (nSPS) is 12.3. The Hall–Kier alpha value is -2.78. The van der Waals surface area contributed by atoms with Gasteiger partial charge >= 0.3 is 0 Å². The molecule has 0 N–H and O–H groups in total. The standard InChI is InChI=1S/C28H17N2S.Ir/c1-15-11-22-19(16(2)30-15)7-8-20-21-9-10-29-28-24-12-17-5-3-4-6-18(17)13-25(24)31-26(27(21)28)14-23(20)22;/h3-11,13-14H,1-2H3;/q-1;. The van der Waals surface area contributed by atoms with Gasteiger partial charge in [-0.1, -0.05) is 41.3 Å². The van der Waals surface area contributed by atoms with E-state index in [1.165, 1.54) is 47.5 Å². The first-order valence-corrected chi connectivity index (χ1v) is 11.2. The molecular formula is C28H17IrN2S-. The third-order valence-electron chi connectivity index (χ3n) is 6.35. The van der Waals surface area contributed by atoms with E-state index in [9.17, 15) is 0 Å². The second-order valence-corrected chi connectivity index (χ2v) is 9.34. The third kappa shape index (κ3) is 2.70. The fourth-order valence-corrected chi connectivity index (χ4v) is 6.15. The van der Waals surface area contributed by atoms with Crippen molar-refractivity contribution in [3.8, 4) is 11.3 Å². The largest absolute Gasteiger partial charge is 0.294 e. The van der Waals surface area contributed by atoms with Gasteiger partial charge in [0.05, 0.1) is 0 Å². The van der Waals surface area contributed by atoms with Crippen LogP contribution >= 0.6 is 11.8 Å². The second-order valence-electron chi connectivity index (χ2n) is 8.26. The molecule has 0 unspecified atom stereocenters. The van der Waals surface area contributed by atoms with Crippen LogP contribution in [-0.4, -0.2) is 9.97 Å². The number of aromatic nitrogens is 2. The van der Waals surface area contributed by atoms with Crippen LogP contribution in [0.2, 0.25) is 0 Å². The van der Waals surface area contributed by atoms with Gasteiger partial charge in [0.25, 0.3) is 0 Å². The van der Waals surface area contributed by atoms with Gasteiger partial charge in [-0.25, -0.2) is 0 Å². The average Bonchev–Trinajstić information content (AvgIpc) is 2.78. The number of nitrogens with zero attached hydrogens (tertiary/aromatic N) is 2. The van der Waals surface area contributed by atoms with E-state index in [2.05, 4.69) is 85.6 Å². The van der Waals surface area contributed by atoms with Crippen molar-refractivity contribution >= 4 is 54.9 Å². The minimum atomic E-state index is 0. The van der Waals surface area contributed by atoms with E-state index in [-0.39, 0.29) is 20.1 Å². The first-order valence-electron chi connectivity index (χ1n) is 10.4. The molecule has 4 aromatic carbocycles. The molecule has 3 heterocycles. The Morgan fingerprint density at radius 1 is 0.781 bits per heavy atom. The molecular weight excluding hydrogens is 589 g/mol. The Balaban J connectivity index is 0.00000196. The van der Waals surface area contributed by atoms with Crippen LogP contribution in [0.5, 0.6) is 0 Å². The van der Waals surface area contributed by atoms with Crippen molar-refractivity contribution in [1.29, 1.82) is 0 Å². The first kappa shape index (κ1) is 19.9. The summed E-state index contributed by atoms with van der Waals surface area (Å²) in [6.45, 7) is 4.17. The summed E-state index contributed by atoms with van der Waals surface area (Å²) in [6, 6.07) is 25.5. The maximum Gasteiger partial charge on any atom is 0.0454 e. The summed E-state index contributed by atoms with van der Waals surface area (Å²) in [4.78, 5) is 12.0. The van der Waals surface area contributed by atoms with Gasteiger partial charge in [0.1, 0.15) is 0 Å². The quantitative estimate of drug-likeness (QED) is 0.131. The zero-order valence-electron chi connectivity index (χ0n) is 17.5. The summed E-state index contributed by atoms with van der Waals surface area (Å²) >= 11 is 1.83. The third-order valence-corrected chi connectivity index (χ3v) is 7.43. The Bertz CT molecular complexity index is 1740. The van der Waals surface area contributed by atoms with Gasteiger partial charge in [-0.15, -0.1) is 35.3 Å². The molecule has 0 bridgehead atoms. The van der Waals surface area contributed by atoms with Gasteiger partial charge in [0.2, 0.25) is 0 Å². The summed E-state index contributed by atoms with van der Waals surface area (Å²) in [5.41, 5.74) is 4.29. The van der Waals surface area contributed by atoms with Crippen LogP contribution in [0.25, 0.3) is 54.3 Å². The molecule has 155 valence electrons. The average molecular weight is 606 g/mol. The fraction of sp³-hybridized carbons (Fsp3) is 0.0714. The van der Waals surface area contributed by atoms with E-state index in [1.54, 1.807) is 0 Å². The van der Waals surface area contributed by atoms with E-state index >= 15 is 0 Å². The molecule has 4 heteroatoms. The predicted molar refractivity (Wildman–Crippen MR) is 130 cm³/mol. The van der Waals surface area contributed by atoms with Crippen molar-refractivity contribution in [2.24, 2.45) is 0 Å². The molecule has 0 spiro atoms. The van der Waals surface area contributed by atoms with Crippen LogP contribution < -0.4 is 0 Å². The van der Waals surface area contributed by atoms with E-state index < -0.39 is 0 Å². The minimum Gasteiger partial charge on any atom is -0.294 e. The number of aryl methyl sites for hydroxylation is 2. The van der Waals surface area contributed by atoms with Gasteiger partial charge in [-0.05, 0) is 63.9 Å². The van der Waals surface area contributed by atoms with Crippen LogP contribution in [-0.2, 0) is 20.1 Å². The molecule has 0 fully saturated rings. The monoisotopic (exact) mass is 606 g/mol. The molecule has 2 aromatic heterocycles. The van der Waals surface area contributed by atoms with Gasteiger partial charge < -0.3 is 0 Å². The number of pyridine rings is 2. The van der Waals surface area contributed by atoms with Crippen molar-refractivity contribution in [2.75, 3.05) is 0 Å². The molecule has 2 nitrogen and oxygen atoms in total. The summed E-state index contributed by atoms with van der Waals surface area (Å²) in [5.74, 6) is 0. The topological polar surface area (TPSA) is 25.8 Å². The van der Waals surface area contributed by atoms with Crippen LogP contribution in [0, 0.1) is 19.9 Å². The molecule has 0 aliphatic carbocycles. The van der Waals surface area contributed by atoms with Gasteiger partial charge in [-0.3, -0.25) is 9.97 Å². The van der Waals surface area contributed by atoms with Crippen LogP contribution in [0.4, 0.5) is 0 Å². The minimum absolute atomic E-state index is 0. The molecule has 7 rings (SSSR count). The molecule has 0 saturated carbocycles. The molecule has 0 amide bonds. The molecule has 32 heavy (non-hydrogen) atoms. The second kappa shape index (κ2) is 7.11. The van der Waals surface area contributed by atoms with Crippen molar-refractivity contribution in [3.63, 3.8) is 0 Å². The molecule has 0 saturated heterocycles. The molecule has 1 radical (unpaired) electrons. The molecule has 6 aromatic rings. The fourth-order valence-electron chi connectivity index (χ4n) is 4.99. The van der Waals surface area contributed by atoms with Crippen molar-refractivity contribution < 1.29 is 20.1 Å². The van der Waals surface area contributed by atoms with Crippen LogP contribution in [0.3, 0.4) is 0 Å². The summed E-state index contributed by atoms with van der Waals surface area (Å²) in [5, 5.41) is 9.89. The van der Waals surface area contributed by atoms with Crippen molar-refractivity contribution in [2.45, 2.75) is 23.6 Å². The van der Waals surface area contributed by atoms with Gasteiger partial charge in [0.15, 0.2) is 0 Å². The SMILES string of the molecule is Cc1cc2c(ccc3c4ccnc5c4c(cc23)Sc2cc3ccccc3[c-]c2-5)c(C)n1.[Ir]. The van der Waals surface area contributed by atoms with Crippen molar-refractivity contribution in [1.82, 2.24) is 9.97 Å². The Labute approximate surface area is 203 Å². The van der Waals surface area contributed by atoms with Gasteiger partial charge in [0, 0.05) is 53.7 Å².